The molecule has 39 heavy (non-hydrogen) atoms. The van der Waals surface area contributed by atoms with E-state index in [4.69, 9.17) is 10.00 Å². The molecule has 1 aliphatic rings. The van der Waals surface area contributed by atoms with E-state index >= 15 is 0 Å². The second kappa shape index (κ2) is 14.8. The number of halogens is 9. The van der Waals surface area contributed by atoms with Crippen LogP contribution in [0.15, 0.2) is 36.0 Å². The molecule has 0 aliphatic carbocycles. The van der Waals surface area contributed by atoms with Crippen LogP contribution >= 0.6 is 0 Å². The first-order valence-corrected chi connectivity index (χ1v) is 11.9. The third-order valence-electron chi connectivity index (χ3n) is 4.54. The number of benzene rings is 1. The zero-order valence-corrected chi connectivity index (χ0v) is 22.0. The highest BCUT2D eigenvalue weighted by Crippen LogP contribution is 2.44. The molecule has 0 radical (unpaired) electrons. The van der Waals surface area contributed by atoms with Crippen molar-refractivity contribution in [2.45, 2.75) is 72.6 Å². The first-order valence-electron chi connectivity index (χ1n) is 11.9. The van der Waals surface area contributed by atoms with Gasteiger partial charge in [0, 0.05) is 17.3 Å². The van der Waals surface area contributed by atoms with Crippen LogP contribution in [0.5, 0.6) is 0 Å². The van der Waals surface area contributed by atoms with Crippen molar-refractivity contribution in [2.24, 2.45) is 0 Å². The SMILES string of the molecule is CC.CC.CCC.N#Cc1c(C(F)(F)F)cc(/C(O)=C2\COC2c2ccnc(C(F)(F)F)c2)cc1C(F)(F)F. The number of hydrogen-bond acceptors (Lipinski definition) is 4. The van der Waals surface area contributed by atoms with Gasteiger partial charge in [0.05, 0.1) is 23.3 Å². The first kappa shape index (κ1) is 35.7. The predicted octanol–water partition coefficient (Wildman–Crippen LogP) is 9.52. The van der Waals surface area contributed by atoms with Gasteiger partial charge in [-0.25, -0.2) is 0 Å². The molecule has 1 atom stereocenters. The first-order chi connectivity index (χ1) is 18.1. The van der Waals surface area contributed by atoms with Gasteiger partial charge in [0.25, 0.3) is 0 Å². The van der Waals surface area contributed by atoms with Gasteiger partial charge in [0.1, 0.15) is 23.6 Å². The summed E-state index contributed by atoms with van der Waals surface area (Å²) in [6.45, 7) is 11.8. The molecule has 2 aromatic rings. The van der Waals surface area contributed by atoms with Crippen molar-refractivity contribution in [3.63, 3.8) is 0 Å². The standard InChI is InChI=1S/C19H9F9N2O2.C3H8.2C2H6/c20-17(21,22)12-3-9(4-13(10(12)6-29)18(23,24)25)15(31)11-7-32-16(11)8-1-2-30-14(5-8)19(26,27)28;1-3-2;2*1-2/h1-5,16,31H,7H2;3H2,1-2H3;2*1-2H3/b15-11-;;;. The smallest absolute Gasteiger partial charge is 0.433 e. The number of aliphatic hydroxyl groups is 1. The Kier molecular flexibility index (Phi) is 13.5. The molecule has 1 fully saturated rings. The Hall–Kier alpha value is -3.27. The summed E-state index contributed by atoms with van der Waals surface area (Å²) in [5, 5.41) is 19.3. The summed E-state index contributed by atoms with van der Waals surface area (Å²) < 4.78 is 123. The number of aromatic nitrogens is 1. The second-order valence-corrected chi connectivity index (χ2v) is 7.30. The highest BCUT2D eigenvalue weighted by molar-refractivity contribution is 5.68. The number of alkyl halides is 9. The summed E-state index contributed by atoms with van der Waals surface area (Å²) in [7, 11) is 0. The quantitative estimate of drug-likeness (QED) is 0.288. The monoisotopic (exact) mass is 572 g/mol. The Balaban J connectivity index is 0.00000189. The van der Waals surface area contributed by atoms with Crippen LogP contribution in [0.25, 0.3) is 5.76 Å². The highest BCUT2D eigenvalue weighted by atomic mass is 19.4. The molecule has 1 unspecified atom stereocenters. The molecule has 3 rings (SSSR count). The third-order valence-corrected chi connectivity index (χ3v) is 4.54. The molecule has 0 amide bonds. The number of rotatable bonds is 2. The van der Waals surface area contributed by atoms with Gasteiger partial charge in [0.15, 0.2) is 0 Å². The molecule has 1 N–H and O–H groups in total. The van der Waals surface area contributed by atoms with E-state index in [1.54, 1.807) is 0 Å². The van der Waals surface area contributed by atoms with E-state index in [2.05, 4.69) is 18.8 Å². The lowest BCUT2D eigenvalue weighted by atomic mass is 9.91. The maximum absolute atomic E-state index is 13.3. The summed E-state index contributed by atoms with van der Waals surface area (Å²) >= 11 is 0. The summed E-state index contributed by atoms with van der Waals surface area (Å²) in [6.07, 6.45) is -14.8. The number of aliphatic hydroxyl groups excluding tert-OH is 1. The lowest BCUT2D eigenvalue weighted by molar-refractivity contribution is -0.143. The van der Waals surface area contributed by atoms with Gasteiger partial charge >= 0.3 is 18.5 Å². The second-order valence-electron chi connectivity index (χ2n) is 7.30. The Morgan fingerprint density at radius 3 is 1.72 bits per heavy atom. The lowest BCUT2D eigenvalue weighted by Gasteiger charge is -2.32. The van der Waals surface area contributed by atoms with Gasteiger partial charge in [-0.05, 0) is 29.8 Å². The fraction of sp³-hybridized carbons (Fsp3) is 0.462. The minimum absolute atomic E-state index is 0.166. The molecule has 2 heterocycles. The molecule has 4 nitrogen and oxygen atoms in total. The molecule has 13 heteroatoms. The van der Waals surface area contributed by atoms with Crippen LogP contribution in [-0.2, 0) is 23.3 Å². The van der Waals surface area contributed by atoms with E-state index in [0.29, 0.717) is 6.07 Å². The van der Waals surface area contributed by atoms with Crippen LogP contribution in [0, 0.1) is 11.3 Å². The fourth-order valence-electron chi connectivity index (χ4n) is 3.04. The summed E-state index contributed by atoms with van der Waals surface area (Å²) in [4.78, 5) is 3.14. The van der Waals surface area contributed by atoms with Gasteiger partial charge in [-0.2, -0.15) is 44.8 Å². The van der Waals surface area contributed by atoms with Crippen molar-refractivity contribution < 1.29 is 49.4 Å². The van der Waals surface area contributed by atoms with E-state index in [-0.39, 0.29) is 23.3 Å². The lowest BCUT2D eigenvalue weighted by Crippen LogP contribution is -2.25. The van der Waals surface area contributed by atoms with E-state index in [9.17, 15) is 44.6 Å². The molecule has 1 aromatic carbocycles. The Morgan fingerprint density at radius 2 is 1.38 bits per heavy atom. The molecule has 0 spiro atoms. The predicted molar refractivity (Wildman–Crippen MR) is 127 cm³/mol. The van der Waals surface area contributed by atoms with Crippen molar-refractivity contribution in [3.05, 3.63) is 69.5 Å². The summed E-state index contributed by atoms with van der Waals surface area (Å²) in [6, 6.07) is 2.88. The summed E-state index contributed by atoms with van der Waals surface area (Å²) in [5.41, 5.74) is -8.14. The molecule has 0 bridgehead atoms. The van der Waals surface area contributed by atoms with E-state index < -0.39 is 64.9 Å². The average molecular weight is 573 g/mol. The highest BCUT2D eigenvalue weighted by Gasteiger charge is 2.43. The topological polar surface area (TPSA) is 66.1 Å². The van der Waals surface area contributed by atoms with Gasteiger partial charge in [-0.15, -0.1) is 0 Å². The van der Waals surface area contributed by atoms with Crippen LogP contribution in [0.4, 0.5) is 39.5 Å². The Morgan fingerprint density at radius 1 is 0.923 bits per heavy atom. The van der Waals surface area contributed by atoms with Crippen LogP contribution in [0.3, 0.4) is 0 Å². The zero-order chi connectivity index (χ0) is 30.8. The minimum Gasteiger partial charge on any atom is -0.507 e. The third kappa shape index (κ3) is 9.16. The molecule has 218 valence electrons. The largest absolute Gasteiger partial charge is 0.507 e. The number of pyridine rings is 1. The maximum atomic E-state index is 13.3. The normalized spacial score (nSPS) is 16.1. The van der Waals surface area contributed by atoms with Crippen molar-refractivity contribution in [2.75, 3.05) is 6.61 Å². The Bertz CT molecular complexity index is 1110. The number of hydrogen-bond donors (Lipinski definition) is 1. The van der Waals surface area contributed by atoms with Crippen LogP contribution in [-0.4, -0.2) is 16.7 Å². The average Bonchev–Trinajstić information content (AvgIpc) is 2.84. The van der Waals surface area contributed by atoms with E-state index in [1.165, 1.54) is 6.42 Å². The molecule has 1 aliphatic heterocycles. The Labute approximate surface area is 220 Å². The zero-order valence-electron chi connectivity index (χ0n) is 22.0. The van der Waals surface area contributed by atoms with Crippen molar-refractivity contribution in [3.8, 4) is 6.07 Å². The molecular weight excluding hydrogens is 543 g/mol. The van der Waals surface area contributed by atoms with Crippen LogP contribution in [0.2, 0.25) is 0 Å². The van der Waals surface area contributed by atoms with Crippen LogP contribution < -0.4 is 0 Å². The van der Waals surface area contributed by atoms with Crippen molar-refractivity contribution in [1.29, 1.82) is 5.26 Å². The fourth-order valence-corrected chi connectivity index (χ4v) is 3.04. The van der Waals surface area contributed by atoms with Crippen molar-refractivity contribution in [1.82, 2.24) is 4.98 Å². The molecule has 1 aromatic heterocycles. The van der Waals surface area contributed by atoms with E-state index in [0.717, 1.165) is 18.3 Å². The molecular formula is C26H29F9N2O2. The van der Waals surface area contributed by atoms with Crippen LogP contribution in [0.1, 0.15) is 87.6 Å². The molecule has 1 saturated heterocycles. The number of nitrogens with zero attached hydrogens (tertiary/aromatic N) is 2. The van der Waals surface area contributed by atoms with Crippen molar-refractivity contribution >= 4 is 5.76 Å². The van der Waals surface area contributed by atoms with Gasteiger partial charge in [0.2, 0.25) is 0 Å². The number of ether oxygens (including phenoxy) is 1. The van der Waals surface area contributed by atoms with Gasteiger partial charge < -0.3 is 9.84 Å². The van der Waals surface area contributed by atoms with Gasteiger partial charge in [-0.1, -0.05) is 48.0 Å². The maximum Gasteiger partial charge on any atom is 0.433 e. The van der Waals surface area contributed by atoms with Gasteiger partial charge in [-0.3, -0.25) is 4.98 Å². The number of nitriles is 1. The summed E-state index contributed by atoms with van der Waals surface area (Å²) in [5.74, 6) is -1.04. The minimum atomic E-state index is -5.35. The van der Waals surface area contributed by atoms with E-state index in [1.807, 2.05) is 27.7 Å². The molecule has 0 saturated carbocycles.